The Labute approximate surface area is 160 Å². The molecule has 25 heavy (non-hydrogen) atoms. The third kappa shape index (κ3) is 11.9. The molecule has 0 heterocycles. The van der Waals surface area contributed by atoms with Gasteiger partial charge in [-0.15, -0.1) is 0 Å². The average molecular weight is 377 g/mol. The van der Waals surface area contributed by atoms with E-state index in [-0.39, 0.29) is 32.3 Å². The van der Waals surface area contributed by atoms with Gasteiger partial charge in [0.2, 0.25) is 0 Å². The molecule has 0 fully saturated rings. The largest absolute Gasteiger partial charge is 0.486 e. The second-order valence-corrected chi connectivity index (χ2v) is 7.86. The van der Waals surface area contributed by atoms with Crippen LogP contribution >= 0.6 is 12.2 Å². The van der Waals surface area contributed by atoms with Gasteiger partial charge in [0.05, 0.1) is 25.2 Å². The maximum atomic E-state index is 9.29. The number of unbranched alkanes of at least 4 members (excludes halogenated alkanes) is 9. The number of thiocarbonyl (C=S) groups is 1. The van der Waals surface area contributed by atoms with Crippen LogP contribution in [0.3, 0.4) is 0 Å². The van der Waals surface area contributed by atoms with E-state index in [2.05, 4.69) is 13.8 Å². The van der Waals surface area contributed by atoms with Crippen LogP contribution in [0.15, 0.2) is 0 Å². The van der Waals surface area contributed by atoms with E-state index in [0.717, 1.165) is 12.8 Å². The molecule has 0 aliphatic heterocycles. The highest BCUT2D eigenvalue weighted by atomic mass is 32.1. The van der Waals surface area contributed by atoms with Gasteiger partial charge in [0.25, 0.3) is 0 Å². The highest BCUT2D eigenvalue weighted by molar-refractivity contribution is 7.80. The number of ether oxygens (including phenoxy) is 1. The van der Waals surface area contributed by atoms with Crippen LogP contribution in [0.5, 0.6) is 0 Å². The first-order valence-electron chi connectivity index (χ1n) is 10.0. The molecule has 0 aromatic rings. The predicted molar refractivity (Wildman–Crippen MR) is 108 cm³/mol. The molecule has 0 amide bonds. The van der Waals surface area contributed by atoms with Crippen LogP contribution in [-0.2, 0) is 4.74 Å². The highest BCUT2D eigenvalue weighted by Gasteiger charge is 2.30. The summed E-state index contributed by atoms with van der Waals surface area (Å²) in [6.07, 6.45) is 14.2. The highest BCUT2D eigenvalue weighted by Crippen LogP contribution is 2.19. The van der Waals surface area contributed by atoms with Crippen molar-refractivity contribution in [2.24, 2.45) is 11.3 Å². The van der Waals surface area contributed by atoms with Crippen molar-refractivity contribution < 1.29 is 20.1 Å². The summed E-state index contributed by atoms with van der Waals surface area (Å²) in [5.41, 5.74) is -1.01. The van der Waals surface area contributed by atoms with Crippen molar-refractivity contribution in [2.45, 2.75) is 84.5 Å². The SMILES string of the molecule is CCCCCCCCCCCCC(C)C(=S)OCC(CO)(CO)CO. The van der Waals surface area contributed by atoms with E-state index in [1.54, 1.807) is 0 Å². The quantitative estimate of drug-likeness (QED) is 0.262. The lowest BCUT2D eigenvalue weighted by Gasteiger charge is -2.28. The lowest BCUT2D eigenvalue weighted by molar-refractivity contribution is -0.0295. The van der Waals surface area contributed by atoms with E-state index < -0.39 is 5.41 Å². The molecule has 4 nitrogen and oxygen atoms in total. The molecule has 1 atom stereocenters. The number of aliphatic hydroxyl groups excluding tert-OH is 3. The minimum absolute atomic E-state index is 0.0533. The molecule has 5 heteroatoms. The molecule has 0 bridgehead atoms. The van der Waals surface area contributed by atoms with Gasteiger partial charge < -0.3 is 20.1 Å². The van der Waals surface area contributed by atoms with Crippen LogP contribution in [-0.4, -0.2) is 46.8 Å². The van der Waals surface area contributed by atoms with Gasteiger partial charge in [-0.05, 0) is 18.6 Å². The Balaban J connectivity index is 3.68. The number of hydrogen-bond donors (Lipinski definition) is 3. The topological polar surface area (TPSA) is 69.9 Å². The maximum absolute atomic E-state index is 9.29. The fourth-order valence-electron chi connectivity index (χ4n) is 2.71. The van der Waals surface area contributed by atoms with Gasteiger partial charge in [-0.25, -0.2) is 0 Å². The fraction of sp³-hybridized carbons (Fsp3) is 0.950. The molecule has 0 aromatic carbocycles. The number of hydrogen-bond acceptors (Lipinski definition) is 5. The Morgan fingerprint density at radius 3 is 1.72 bits per heavy atom. The molecule has 0 aliphatic carbocycles. The molecule has 1 unspecified atom stereocenters. The molecule has 0 aromatic heterocycles. The van der Waals surface area contributed by atoms with Gasteiger partial charge in [0, 0.05) is 5.92 Å². The van der Waals surface area contributed by atoms with Crippen LogP contribution in [0, 0.1) is 11.3 Å². The van der Waals surface area contributed by atoms with Crippen LogP contribution < -0.4 is 0 Å². The van der Waals surface area contributed by atoms with Crippen molar-refractivity contribution in [2.75, 3.05) is 26.4 Å². The molecule has 0 radical (unpaired) electrons. The van der Waals surface area contributed by atoms with E-state index in [4.69, 9.17) is 17.0 Å². The standard InChI is InChI=1S/C20H40O4S/c1-3-4-5-6-7-8-9-10-11-12-13-18(2)19(25)24-17-20(14-21,15-22)16-23/h18,21-23H,3-17H2,1-2H3. The van der Waals surface area contributed by atoms with Crippen molar-refractivity contribution >= 4 is 17.3 Å². The second kappa shape index (κ2) is 16.0. The number of aliphatic hydroxyl groups is 3. The molecule has 3 N–H and O–H groups in total. The van der Waals surface area contributed by atoms with Gasteiger partial charge in [-0.2, -0.15) is 0 Å². The Kier molecular flexibility index (Phi) is 15.8. The van der Waals surface area contributed by atoms with Crippen molar-refractivity contribution in [1.82, 2.24) is 0 Å². The minimum atomic E-state index is -1.01. The van der Waals surface area contributed by atoms with Gasteiger partial charge in [-0.1, -0.05) is 78.1 Å². The Bertz CT molecular complexity index is 311. The molecule has 0 saturated carbocycles. The minimum Gasteiger partial charge on any atom is -0.486 e. The summed E-state index contributed by atoms with van der Waals surface area (Å²) < 4.78 is 5.54. The third-order valence-electron chi connectivity index (χ3n) is 4.92. The molecule has 0 aliphatic rings. The first-order chi connectivity index (χ1) is 12.0. The van der Waals surface area contributed by atoms with Crippen LogP contribution in [0.25, 0.3) is 0 Å². The van der Waals surface area contributed by atoms with Gasteiger partial charge in [-0.3, -0.25) is 0 Å². The summed E-state index contributed by atoms with van der Waals surface area (Å²) in [7, 11) is 0. The molecular weight excluding hydrogens is 336 g/mol. The predicted octanol–water partition coefficient (Wildman–Crippen LogP) is 4.24. The fourth-order valence-corrected chi connectivity index (χ4v) is 2.89. The summed E-state index contributed by atoms with van der Waals surface area (Å²) >= 11 is 5.29. The van der Waals surface area contributed by atoms with E-state index in [9.17, 15) is 15.3 Å². The zero-order valence-electron chi connectivity index (χ0n) is 16.3. The van der Waals surface area contributed by atoms with E-state index >= 15 is 0 Å². The van der Waals surface area contributed by atoms with E-state index in [1.165, 1.54) is 57.8 Å². The lowest BCUT2D eigenvalue weighted by atomic mass is 9.92. The monoisotopic (exact) mass is 376 g/mol. The van der Waals surface area contributed by atoms with Crippen molar-refractivity contribution in [3.05, 3.63) is 0 Å². The van der Waals surface area contributed by atoms with E-state index in [0.29, 0.717) is 5.05 Å². The average Bonchev–Trinajstić information content (AvgIpc) is 2.64. The third-order valence-corrected chi connectivity index (χ3v) is 5.44. The molecule has 0 spiro atoms. The van der Waals surface area contributed by atoms with Gasteiger partial charge >= 0.3 is 0 Å². The maximum Gasteiger partial charge on any atom is 0.162 e. The Morgan fingerprint density at radius 2 is 1.28 bits per heavy atom. The molecule has 0 saturated heterocycles. The summed E-state index contributed by atoms with van der Waals surface area (Å²) in [5, 5.41) is 28.4. The van der Waals surface area contributed by atoms with Crippen LogP contribution in [0.1, 0.15) is 84.5 Å². The van der Waals surface area contributed by atoms with Crippen molar-refractivity contribution in [3.63, 3.8) is 0 Å². The lowest BCUT2D eigenvalue weighted by Crippen LogP contribution is -2.39. The zero-order chi connectivity index (χ0) is 19.0. The van der Waals surface area contributed by atoms with Crippen molar-refractivity contribution in [3.8, 4) is 0 Å². The van der Waals surface area contributed by atoms with E-state index in [1.807, 2.05) is 0 Å². The van der Waals surface area contributed by atoms with Crippen LogP contribution in [0.4, 0.5) is 0 Å². The zero-order valence-corrected chi connectivity index (χ0v) is 17.2. The summed E-state index contributed by atoms with van der Waals surface area (Å²) in [6.45, 7) is 3.38. The van der Waals surface area contributed by atoms with Gasteiger partial charge in [0.15, 0.2) is 5.05 Å². The molecular formula is C20H40O4S. The van der Waals surface area contributed by atoms with Gasteiger partial charge in [0.1, 0.15) is 6.61 Å². The summed E-state index contributed by atoms with van der Waals surface area (Å²) in [4.78, 5) is 0. The first-order valence-corrected chi connectivity index (χ1v) is 10.4. The first kappa shape index (κ1) is 24.8. The Morgan fingerprint density at radius 1 is 0.840 bits per heavy atom. The van der Waals surface area contributed by atoms with Crippen molar-refractivity contribution in [1.29, 1.82) is 0 Å². The Hall–Kier alpha value is -0.230. The molecule has 150 valence electrons. The second-order valence-electron chi connectivity index (χ2n) is 7.45. The number of rotatable bonds is 17. The summed E-state index contributed by atoms with van der Waals surface area (Å²) in [6, 6.07) is 0. The smallest absolute Gasteiger partial charge is 0.162 e. The normalized spacial score (nSPS) is 13.0. The van der Waals surface area contributed by atoms with Crippen LogP contribution in [0.2, 0.25) is 0 Å². The molecule has 0 rings (SSSR count). The summed E-state index contributed by atoms with van der Waals surface area (Å²) in [5.74, 6) is 0.179.